The zero-order chi connectivity index (χ0) is 13.2. The van der Waals surface area contributed by atoms with Crippen molar-refractivity contribution in [2.45, 2.75) is 18.4 Å². The van der Waals surface area contributed by atoms with Crippen LogP contribution in [0.3, 0.4) is 0 Å². The molecule has 0 bridgehead atoms. The van der Waals surface area contributed by atoms with E-state index in [0.717, 1.165) is 17.2 Å². The molecule has 2 heterocycles. The third-order valence-electron chi connectivity index (χ3n) is 2.36. The van der Waals surface area contributed by atoms with E-state index in [1.54, 1.807) is 19.4 Å². The molecule has 0 saturated heterocycles. The van der Waals surface area contributed by atoms with E-state index in [1.807, 2.05) is 0 Å². The molecule has 0 aliphatic rings. The van der Waals surface area contributed by atoms with Crippen molar-refractivity contribution in [3.63, 3.8) is 0 Å². The Balaban J connectivity index is 2.24. The fourth-order valence-corrected chi connectivity index (χ4v) is 3.57. The number of aromatic nitrogens is 3. The van der Waals surface area contributed by atoms with Crippen molar-refractivity contribution in [2.75, 3.05) is 16.8 Å². The minimum atomic E-state index is -3.37. The molecule has 0 aliphatic heterocycles. The van der Waals surface area contributed by atoms with Gasteiger partial charge in [0.05, 0.1) is 24.3 Å². The molecule has 2 aromatic rings. The van der Waals surface area contributed by atoms with Gasteiger partial charge in [0.1, 0.15) is 9.90 Å². The first kappa shape index (κ1) is 12.8. The minimum Gasteiger partial charge on any atom is -0.382 e. The van der Waals surface area contributed by atoms with Gasteiger partial charge in [-0.15, -0.1) is 0 Å². The van der Waals surface area contributed by atoms with E-state index in [9.17, 15) is 8.42 Å². The van der Waals surface area contributed by atoms with Crippen molar-refractivity contribution in [3.8, 4) is 0 Å². The maximum absolute atomic E-state index is 11.9. The topological polar surface area (TPSA) is 114 Å². The van der Waals surface area contributed by atoms with Crippen LogP contribution in [0.5, 0.6) is 0 Å². The number of nitrogens with two attached hydrogens (primary N) is 1. The molecule has 4 N–H and O–H groups in total. The summed E-state index contributed by atoms with van der Waals surface area (Å²) in [5, 5.41) is 3.46. The van der Waals surface area contributed by atoms with Crippen molar-refractivity contribution >= 4 is 32.2 Å². The normalized spacial score (nSPS) is 11.6. The van der Waals surface area contributed by atoms with Crippen LogP contribution in [0.1, 0.15) is 12.6 Å². The number of aromatic amines is 1. The first-order valence-electron chi connectivity index (χ1n) is 5.23. The van der Waals surface area contributed by atoms with E-state index in [4.69, 9.17) is 5.73 Å². The minimum absolute atomic E-state index is 0.00560. The lowest BCUT2D eigenvalue weighted by atomic mass is 10.4. The van der Waals surface area contributed by atoms with E-state index in [-0.39, 0.29) is 16.5 Å². The van der Waals surface area contributed by atoms with Crippen LogP contribution in [0.25, 0.3) is 0 Å². The standard InChI is InChI=1S/C9H13N5O2S2/c1-2-18(15,16)7-8(10)14-17-9(7)12-4-6-3-11-5-13-6/h3,5,12H,2,4H2,1H3,(H2,10,14)(H,11,13). The molecule has 0 fully saturated rings. The van der Waals surface area contributed by atoms with Gasteiger partial charge < -0.3 is 16.0 Å². The predicted octanol–water partition coefficient (Wildman–Crippen LogP) is 0.854. The smallest absolute Gasteiger partial charge is 0.184 e. The first-order chi connectivity index (χ1) is 8.54. The molecular weight excluding hydrogens is 274 g/mol. The largest absolute Gasteiger partial charge is 0.382 e. The summed E-state index contributed by atoms with van der Waals surface area (Å²) in [7, 11) is -3.37. The Labute approximate surface area is 109 Å². The molecule has 9 heteroatoms. The molecule has 0 atom stereocenters. The van der Waals surface area contributed by atoms with Crippen molar-refractivity contribution in [2.24, 2.45) is 0 Å². The van der Waals surface area contributed by atoms with Gasteiger partial charge >= 0.3 is 0 Å². The maximum atomic E-state index is 11.9. The molecule has 0 amide bonds. The highest BCUT2D eigenvalue weighted by Gasteiger charge is 2.23. The predicted molar refractivity (Wildman–Crippen MR) is 70.2 cm³/mol. The lowest BCUT2D eigenvalue weighted by molar-refractivity contribution is 0.598. The summed E-state index contributed by atoms with van der Waals surface area (Å²) < 4.78 is 27.7. The Morgan fingerprint density at radius 3 is 2.94 bits per heavy atom. The SMILES string of the molecule is CCS(=O)(=O)c1c(N)nsc1NCc1cnc[nH]1. The number of nitrogen functional groups attached to an aromatic ring is 1. The summed E-state index contributed by atoms with van der Waals surface area (Å²) in [6.07, 6.45) is 3.22. The van der Waals surface area contributed by atoms with Gasteiger partial charge in [0, 0.05) is 6.20 Å². The number of imidazole rings is 1. The van der Waals surface area contributed by atoms with Crippen LogP contribution >= 0.6 is 11.5 Å². The summed E-state index contributed by atoms with van der Waals surface area (Å²) in [5.74, 6) is 0.0444. The Hall–Kier alpha value is -1.61. The van der Waals surface area contributed by atoms with E-state index < -0.39 is 9.84 Å². The summed E-state index contributed by atoms with van der Waals surface area (Å²) >= 11 is 1.04. The maximum Gasteiger partial charge on any atom is 0.184 e. The number of rotatable bonds is 5. The third kappa shape index (κ3) is 2.46. The molecule has 0 spiro atoms. The second kappa shape index (κ2) is 4.94. The summed E-state index contributed by atoms with van der Waals surface area (Å²) in [4.78, 5) is 6.88. The first-order valence-corrected chi connectivity index (χ1v) is 7.66. The zero-order valence-electron chi connectivity index (χ0n) is 9.67. The van der Waals surface area contributed by atoms with Gasteiger partial charge in [-0.25, -0.2) is 13.4 Å². The summed E-state index contributed by atoms with van der Waals surface area (Å²) in [6, 6.07) is 0. The van der Waals surface area contributed by atoms with E-state index >= 15 is 0 Å². The molecule has 0 aromatic carbocycles. The average Bonchev–Trinajstić information content (AvgIpc) is 2.95. The number of nitrogens with one attached hydrogen (secondary N) is 2. The number of sulfone groups is 1. The zero-order valence-corrected chi connectivity index (χ0v) is 11.3. The molecule has 0 saturated carbocycles. The molecule has 18 heavy (non-hydrogen) atoms. The van der Waals surface area contributed by atoms with Crippen LogP contribution in [-0.4, -0.2) is 28.5 Å². The van der Waals surface area contributed by atoms with Crippen molar-refractivity contribution in [1.29, 1.82) is 0 Å². The molecule has 98 valence electrons. The average molecular weight is 287 g/mol. The summed E-state index contributed by atoms with van der Waals surface area (Å²) in [5.41, 5.74) is 6.46. The third-order valence-corrected chi connectivity index (χ3v) is 5.10. The van der Waals surface area contributed by atoms with Gasteiger partial charge in [0.15, 0.2) is 15.7 Å². The molecule has 0 radical (unpaired) electrons. The van der Waals surface area contributed by atoms with E-state index in [2.05, 4.69) is 19.7 Å². The van der Waals surface area contributed by atoms with Crippen LogP contribution in [0.4, 0.5) is 10.8 Å². The highest BCUT2D eigenvalue weighted by molar-refractivity contribution is 7.91. The molecule has 0 unspecified atom stereocenters. The number of nitrogens with zero attached hydrogens (tertiary/aromatic N) is 2. The van der Waals surface area contributed by atoms with Crippen molar-refractivity contribution < 1.29 is 8.42 Å². The fourth-order valence-electron chi connectivity index (χ4n) is 1.41. The van der Waals surface area contributed by atoms with Crippen LogP contribution < -0.4 is 11.1 Å². The van der Waals surface area contributed by atoms with E-state index in [0.29, 0.717) is 11.5 Å². The van der Waals surface area contributed by atoms with E-state index in [1.165, 1.54) is 0 Å². The highest BCUT2D eigenvalue weighted by atomic mass is 32.2. The Morgan fingerprint density at radius 2 is 2.33 bits per heavy atom. The second-order valence-electron chi connectivity index (χ2n) is 3.56. The van der Waals surface area contributed by atoms with Crippen LogP contribution in [0.15, 0.2) is 17.4 Å². The number of hydrogen-bond donors (Lipinski definition) is 3. The van der Waals surface area contributed by atoms with Gasteiger partial charge in [0.25, 0.3) is 0 Å². The van der Waals surface area contributed by atoms with Gasteiger partial charge in [-0.3, -0.25) is 0 Å². The van der Waals surface area contributed by atoms with Crippen LogP contribution in [-0.2, 0) is 16.4 Å². The Morgan fingerprint density at radius 1 is 1.56 bits per heavy atom. The summed E-state index contributed by atoms with van der Waals surface area (Å²) in [6.45, 7) is 2.01. The Bertz CT molecular complexity index is 617. The Kier molecular flexibility index (Phi) is 3.53. The molecule has 2 aromatic heterocycles. The number of H-pyrrole nitrogens is 1. The highest BCUT2D eigenvalue weighted by Crippen LogP contribution is 2.32. The molecule has 7 nitrogen and oxygen atoms in total. The van der Waals surface area contributed by atoms with Crippen LogP contribution in [0.2, 0.25) is 0 Å². The van der Waals surface area contributed by atoms with Gasteiger partial charge in [0.2, 0.25) is 0 Å². The van der Waals surface area contributed by atoms with Crippen molar-refractivity contribution in [3.05, 3.63) is 18.2 Å². The number of hydrogen-bond acceptors (Lipinski definition) is 7. The molecular formula is C9H13N5O2S2. The lowest BCUT2D eigenvalue weighted by Gasteiger charge is -2.05. The molecule has 0 aliphatic carbocycles. The lowest BCUT2D eigenvalue weighted by Crippen LogP contribution is -2.09. The number of anilines is 2. The van der Waals surface area contributed by atoms with Gasteiger partial charge in [-0.2, -0.15) is 4.37 Å². The van der Waals surface area contributed by atoms with Crippen molar-refractivity contribution in [1.82, 2.24) is 14.3 Å². The quantitative estimate of drug-likeness (QED) is 0.751. The van der Waals surface area contributed by atoms with Crippen LogP contribution in [0, 0.1) is 0 Å². The van der Waals surface area contributed by atoms with Gasteiger partial charge in [-0.1, -0.05) is 6.92 Å². The monoisotopic (exact) mass is 287 g/mol. The fraction of sp³-hybridized carbons (Fsp3) is 0.333. The second-order valence-corrected chi connectivity index (χ2v) is 6.55. The molecule has 2 rings (SSSR count). The van der Waals surface area contributed by atoms with Gasteiger partial charge in [-0.05, 0) is 11.5 Å².